The summed E-state index contributed by atoms with van der Waals surface area (Å²) in [5.74, 6) is 1.56. The normalized spacial score (nSPS) is 10.7. The molecule has 0 atom stereocenters. The number of rotatable bonds is 5. The number of benzene rings is 5. The van der Waals surface area contributed by atoms with Crippen LogP contribution in [-0.4, -0.2) is 19.9 Å². The fourth-order valence-corrected chi connectivity index (χ4v) is 5.73. The van der Waals surface area contributed by atoms with Crippen LogP contribution in [0.5, 0.6) is 0 Å². The summed E-state index contributed by atoms with van der Waals surface area (Å²) in [4.78, 5) is 19.3. The molecule has 45 heavy (non-hydrogen) atoms. The second-order valence-electron chi connectivity index (χ2n) is 10.4. The van der Waals surface area contributed by atoms with Crippen LogP contribution < -0.4 is 0 Å². The fourth-order valence-electron chi connectivity index (χ4n) is 5.24. The van der Waals surface area contributed by atoms with E-state index in [-0.39, 0.29) is 0 Å². The van der Waals surface area contributed by atoms with Crippen molar-refractivity contribution in [3.8, 4) is 68.6 Å². The maximum absolute atomic E-state index is 9.31. The number of fused-ring (bicyclic) bond motifs is 1. The van der Waals surface area contributed by atoms with E-state index in [9.17, 15) is 5.26 Å². The summed E-state index contributed by atoms with van der Waals surface area (Å²) in [5.41, 5.74) is 8.65. The van der Waals surface area contributed by atoms with Gasteiger partial charge < -0.3 is 0 Å². The monoisotopic (exact) mass is 640 g/mol. The molecule has 0 fully saturated rings. The van der Waals surface area contributed by atoms with Crippen LogP contribution in [0.4, 0.5) is 0 Å². The smallest absolute Gasteiger partial charge is 0.164 e. The Kier molecular flexibility index (Phi) is 7.37. The molecule has 0 aliphatic heterocycles. The molecule has 0 N–H and O–H groups in total. The summed E-state index contributed by atoms with van der Waals surface area (Å²) < 4.78 is 0.893. The molecule has 7 aromatic rings. The first-order chi connectivity index (χ1) is 22.1. The molecule has 0 radical (unpaired) electrons. The molecule has 0 saturated carbocycles. The molecule has 2 aromatic heterocycles. The van der Waals surface area contributed by atoms with Crippen LogP contribution in [0.1, 0.15) is 11.1 Å². The SMILES string of the molecule is N#Cc1ccc(-c2ccc(-c3nc(-c4ccc(C#N)cc4)nc(-c4cc(Br)cc(-c5cccc6ncccc56)c4)n3)cc2)cc1. The number of nitrogens with zero attached hydrogens (tertiary/aromatic N) is 6. The number of hydrogen-bond donors (Lipinski definition) is 0. The van der Waals surface area contributed by atoms with Crippen LogP contribution in [0, 0.1) is 22.7 Å². The summed E-state index contributed by atoms with van der Waals surface area (Å²) in [5, 5.41) is 19.5. The zero-order valence-electron chi connectivity index (χ0n) is 23.7. The highest BCUT2D eigenvalue weighted by Crippen LogP contribution is 2.34. The maximum atomic E-state index is 9.31. The zero-order chi connectivity index (χ0) is 30.8. The highest BCUT2D eigenvalue weighted by Gasteiger charge is 2.15. The summed E-state index contributed by atoms with van der Waals surface area (Å²) in [6, 6.07) is 43.4. The van der Waals surface area contributed by atoms with Gasteiger partial charge in [0.1, 0.15) is 0 Å². The van der Waals surface area contributed by atoms with E-state index in [0.29, 0.717) is 28.6 Å². The molecule has 0 saturated heterocycles. The minimum atomic E-state index is 0.506. The minimum Gasteiger partial charge on any atom is -0.256 e. The third-order valence-electron chi connectivity index (χ3n) is 7.51. The molecule has 7 heteroatoms. The molecule has 6 nitrogen and oxygen atoms in total. The van der Waals surface area contributed by atoms with Crippen molar-refractivity contribution in [3.63, 3.8) is 0 Å². The Balaban J connectivity index is 1.35. The van der Waals surface area contributed by atoms with E-state index < -0.39 is 0 Å². The summed E-state index contributed by atoms with van der Waals surface area (Å²) in [7, 11) is 0. The highest BCUT2D eigenvalue weighted by molar-refractivity contribution is 9.10. The maximum Gasteiger partial charge on any atom is 0.164 e. The van der Waals surface area contributed by atoms with Crippen molar-refractivity contribution >= 4 is 26.8 Å². The summed E-state index contributed by atoms with van der Waals surface area (Å²) in [6.45, 7) is 0. The molecule has 0 amide bonds. The summed E-state index contributed by atoms with van der Waals surface area (Å²) >= 11 is 3.72. The van der Waals surface area contributed by atoms with Gasteiger partial charge in [-0.05, 0) is 89.0 Å². The van der Waals surface area contributed by atoms with Gasteiger partial charge in [0.05, 0.1) is 28.8 Å². The Morgan fingerprint density at radius 2 is 1.00 bits per heavy atom. The number of halogens is 1. The molecule has 0 unspecified atom stereocenters. The van der Waals surface area contributed by atoms with E-state index in [1.54, 1.807) is 18.3 Å². The predicted molar refractivity (Wildman–Crippen MR) is 179 cm³/mol. The van der Waals surface area contributed by atoms with Gasteiger partial charge in [0.15, 0.2) is 17.5 Å². The molecular weight excluding hydrogens is 620 g/mol. The Bertz CT molecular complexity index is 2280. The van der Waals surface area contributed by atoms with Crippen LogP contribution in [0.15, 0.2) is 132 Å². The molecule has 7 rings (SSSR count). The Labute approximate surface area is 268 Å². The lowest BCUT2D eigenvalue weighted by molar-refractivity contribution is 1.07. The highest BCUT2D eigenvalue weighted by atomic mass is 79.9. The molecule has 0 spiro atoms. The Morgan fingerprint density at radius 1 is 0.489 bits per heavy atom. The number of hydrogen-bond acceptors (Lipinski definition) is 6. The van der Waals surface area contributed by atoms with E-state index in [4.69, 9.17) is 20.2 Å². The predicted octanol–water partition coefficient (Wildman–Crippen LogP) is 9.26. The van der Waals surface area contributed by atoms with Crippen LogP contribution in [-0.2, 0) is 0 Å². The first kappa shape index (κ1) is 27.8. The molecule has 0 aliphatic rings. The number of nitriles is 2. The van der Waals surface area contributed by atoms with Gasteiger partial charge in [-0.25, -0.2) is 15.0 Å². The van der Waals surface area contributed by atoms with Gasteiger partial charge in [-0.2, -0.15) is 10.5 Å². The first-order valence-corrected chi connectivity index (χ1v) is 14.9. The van der Waals surface area contributed by atoms with Gasteiger partial charge in [-0.3, -0.25) is 4.98 Å². The van der Waals surface area contributed by atoms with E-state index in [1.807, 2.05) is 84.9 Å². The van der Waals surface area contributed by atoms with Gasteiger partial charge in [0, 0.05) is 32.7 Å². The van der Waals surface area contributed by atoms with Crippen molar-refractivity contribution in [1.29, 1.82) is 10.5 Å². The van der Waals surface area contributed by atoms with E-state index in [2.05, 4.69) is 57.3 Å². The zero-order valence-corrected chi connectivity index (χ0v) is 25.3. The van der Waals surface area contributed by atoms with Crippen LogP contribution in [0.2, 0.25) is 0 Å². The van der Waals surface area contributed by atoms with Crippen molar-refractivity contribution in [3.05, 3.63) is 143 Å². The molecular formula is C38H21BrN6. The van der Waals surface area contributed by atoms with E-state index in [1.165, 1.54) is 0 Å². The number of aromatic nitrogens is 4. The fraction of sp³-hybridized carbons (Fsp3) is 0. The lowest BCUT2D eigenvalue weighted by Gasteiger charge is -2.12. The Morgan fingerprint density at radius 3 is 1.60 bits per heavy atom. The first-order valence-electron chi connectivity index (χ1n) is 14.1. The molecule has 210 valence electrons. The standard InChI is InChI=1S/C38H21BrN6/c39-32-20-30(33-3-1-5-35-34(33)4-2-18-42-35)19-31(21-32)38-44-36(28-12-8-25(23-41)9-13-28)43-37(45-38)29-16-14-27(15-17-29)26-10-6-24(22-40)7-11-26/h1-21H. The van der Waals surface area contributed by atoms with Gasteiger partial charge in [-0.15, -0.1) is 0 Å². The topological polar surface area (TPSA) is 99.1 Å². The van der Waals surface area contributed by atoms with E-state index in [0.717, 1.165) is 54.3 Å². The van der Waals surface area contributed by atoms with Crippen molar-refractivity contribution in [2.75, 3.05) is 0 Å². The van der Waals surface area contributed by atoms with Gasteiger partial charge in [-0.1, -0.05) is 70.5 Å². The third kappa shape index (κ3) is 5.69. The van der Waals surface area contributed by atoms with Crippen molar-refractivity contribution in [2.45, 2.75) is 0 Å². The third-order valence-corrected chi connectivity index (χ3v) is 7.97. The quantitative estimate of drug-likeness (QED) is 0.186. The second kappa shape index (κ2) is 11.9. The van der Waals surface area contributed by atoms with Crippen molar-refractivity contribution < 1.29 is 0 Å². The number of pyridine rings is 1. The van der Waals surface area contributed by atoms with Crippen molar-refractivity contribution in [2.24, 2.45) is 0 Å². The lowest BCUT2D eigenvalue weighted by atomic mass is 9.98. The summed E-state index contributed by atoms with van der Waals surface area (Å²) in [6.07, 6.45) is 1.80. The second-order valence-corrected chi connectivity index (χ2v) is 11.3. The van der Waals surface area contributed by atoms with Crippen LogP contribution in [0.3, 0.4) is 0 Å². The minimum absolute atomic E-state index is 0.506. The lowest BCUT2D eigenvalue weighted by Crippen LogP contribution is -2.00. The average molecular weight is 642 g/mol. The Hall–Kier alpha value is -6.02. The largest absolute Gasteiger partial charge is 0.256 e. The van der Waals surface area contributed by atoms with E-state index >= 15 is 0 Å². The average Bonchev–Trinajstić information content (AvgIpc) is 3.11. The van der Waals surface area contributed by atoms with Crippen LogP contribution in [0.25, 0.3) is 67.3 Å². The van der Waals surface area contributed by atoms with Gasteiger partial charge in [0.2, 0.25) is 0 Å². The molecule has 2 heterocycles. The molecule has 5 aromatic carbocycles. The van der Waals surface area contributed by atoms with Crippen molar-refractivity contribution in [1.82, 2.24) is 19.9 Å². The van der Waals surface area contributed by atoms with Crippen LogP contribution >= 0.6 is 15.9 Å². The van der Waals surface area contributed by atoms with Gasteiger partial charge >= 0.3 is 0 Å². The van der Waals surface area contributed by atoms with Gasteiger partial charge in [0.25, 0.3) is 0 Å². The molecule has 0 bridgehead atoms. The molecule has 0 aliphatic carbocycles.